The molecule has 0 bridgehead atoms. The molecule has 2 heteroatoms. The van der Waals surface area contributed by atoms with Crippen molar-refractivity contribution in [1.82, 2.24) is 0 Å². The van der Waals surface area contributed by atoms with Gasteiger partial charge in [0.15, 0.2) is 0 Å². The average Bonchev–Trinajstić information content (AvgIpc) is 2.38. The van der Waals surface area contributed by atoms with Crippen LogP contribution in [0.5, 0.6) is 0 Å². The molecule has 0 aromatic rings. The topological polar surface area (TPSA) is 26.3 Å². The number of rotatable bonds is 11. The number of hydrogen-bond donors (Lipinski definition) is 0. The van der Waals surface area contributed by atoms with E-state index in [0.717, 1.165) is 6.42 Å². The third-order valence-corrected chi connectivity index (χ3v) is 3.86. The van der Waals surface area contributed by atoms with E-state index in [1.165, 1.54) is 32.1 Å². The highest BCUT2D eigenvalue weighted by Gasteiger charge is 2.18. The van der Waals surface area contributed by atoms with Crippen molar-refractivity contribution in [3.05, 3.63) is 0 Å². The molecule has 114 valence electrons. The molecule has 2 atom stereocenters. The van der Waals surface area contributed by atoms with Crippen LogP contribution in [0.25, 0.3) is 0 Å². The van der Waals surface area contributed by atoms with Gasteiger partial charge in [-0.15, -0.1) is 0 Å². The van der Waals surface area contributed by atoms with E-state index >= 15 is 0 Å². The van der Waals surface area contributed by atoms with Gasteiger partial charge < -0.3 is 4.74 Å². The van der Waals surface area contributed by atoms with Crippen molar-refractivity contribution in [2.24, 2.45) is 17.8 Å². The van der Waals surface area contributed by atoms with E-state index in [1.54, 1.807) is 0 Å². The fourth-order valence-electron chi connectivity index (χ4n) is 2.34. The van der Waals surface area contributed by atoms with Crippen LogP contribution in [0.15, 0.2) is 0 Å². The summed E-state index contributed by atoms with van der Waals surface area (Å²) in [6.45, 7) is 11.6. The Morgan fingerprint density at radius 3 is 2.21 bits per heavy atom. The molecule has 0 radical (unpaired) electrons. The maximum absolute atomic E-state index is 11.7. The average molecular weight is 270 g/mol. The van der Waals surface area contributed by atoms with E-state index in [-0.39, 0.29) is 5.97 Å². The van der Waals surface area contributed by atoms with E-state index in [9.17, 15) is 4.79 Å². The molecular weight excluding hydrogens is 236 g/mol. The van der Waals surface area contributed by atoms with Crippen molar-refractivity contribution in [3.63, 3.8) is 0 Å². The fourth-order valence-corrected chi connectivity index (χ4v) is 2.34. The van der Waals surface area contributed by atoms with Crippen molar-refractivity contribution in [1.29, 1.82) is 0 Å². The predicted molar refractivity (Wildman–Crippen MR) is 82.1 cm³/mol. The van der Waals surface area contributed by atoms with Crippen LogP contribution in [-0.4, -0.2) is 12.6 Å². The molecule has 0 aromatic heterocycles. The lowest BCUT2D eigenvalue weighted by Gasteiger charge is -2.23. The highest BCUT2D eigenvalue weighted by Crippen LogP contribution is 2.23. The number of carbonyl (C=O) groups is 1. The summed E-state index contributed by atoms with van der Waals surface area (Å²) in [6.07, 6.45) is 7.63. The first-order valence-corrected chi connectivity index (χ1v) is 8.16. The van der Waals surface area contributed by atoms with Crippen LogP contribution >= 0.6 is 0 Å². The molecule has 0 aliphatic carbocycles. The molecule has 0 saturated heterocycles. The van der Waals surface area contributed by atoms with Crippen molar-refractivity contribution in [2.75, 3.05) is 6.61 Å². The smallest absolute Gasteiger partial charge is 0.305 e. The first-order chi connectivity index (χ1) is 9.01. The maximum atomic E-state index is 11.7. The van der Waals surface area contributed by atoms with Gasteiger partial charge in [-0.3, -0.25) is 4.79 Å². The van der Waals surface area contributed by atoms with Gasteiger partial charge in [-0.1, -0.05) is 60.3 Å². The Morgan fingerprint density at radius 2 is 1.68 bits per heavy atom. The fraction of sp³-hybridized carbons (Fsp3) is 0.941. The number of ether oxygens (including phenoxy) is 1. The van der Waals surface area contributed by atoms with E-state index in [0.29, 0.717) is 30.8 Å². The number of carbonyl (C=O) groups excluding carboxylic acids is 1. The van der Waals surface area contributed by atoms with E-state index in [1.807, 2.05) is 0 Å². The van der Waals surface area contributed by atoms with Gasteiger partial charge in [0.05, 0.1) is 6.61 Å². The zero-order valence-corrected chi connectivity index (χ0v) is 13.7. The van der Waals surface area contributed by atoms with Crippen LogP contribution in [0.1, 0.15) is 79.6 Å². The summed E-state index contributed by atoms with van der Waals surface area (Å²) in [4.78, 5) is 11.7. The summed E-state index contributed by atoms with van der Waals surface area (Å²) >= 11 is 0. The van der Waals surface area contributed by atoms with Crippen LogP contribution in [0.2, 0.25) is 0 Å². The van der Waals surface area contributed by atoms with Crippen molar-refractivity contribution in [2.45, 2.75) is 79.6 Å². The molecule has 0 saturated carbocycles. The van der Waals surface area contributed by atoms with E-state index in [2.05, 4.69) is 34.6 Å². The second-order valence-electron chi connectivity index (χ2n) is 6.28. The summed E-state index contributed by atoms with van der Waals surface area (Å²) in [5.74, 6) is 1.76. The van der Waals surface area contributed by atoms with Gasteiger partial charge in [-0.2, -0.15) is 0 Å². The van der Waals surface area contributed by atoms with Gasteiger partial charge in [0, 0.05) is 6.42 Å². The lowest BCUT2D eigenvalue weighted by atomic mass is 9.87. The SMILES string of the molecule is CCCCC(C)C(CCC)COC(=O)CCC(C)C. The second kappa shape index (κ2) is 11.3. The van der Waals surface area contributed by atoms with Crippen LogP contribution in [0, 0.1) is 17.8 Å². The highest BCUT2D eigenvalue weighted by atomic mass is 16.5. The monoisotopic (exact) mass is 270 g/mol. The van der Waals surface area contributed by atoms with Crippen LogP contribution < -0.4 is 0 Å². The molecule has 2 nitrogen and oxygen atoms in total. The third kappa shape index (κ3) is 9.98. The summed E-state index contributed by atoms with van der Waals surface area (Å²) in [5, 5.41) is 0. The first kappa shape index (κ1) is 18.5. The zero-order valence-electron chi connectivity index (χ0n) is 13.7. The van der Waals surface area contributed by atoms with Crippen molar-refractivity contribution < 1.29 is 9.53 Å². The minimum atomic E-state index is -0.0162. The predicted octanol–water partition coefficient (Wildman–Crippen LogP) is 5.21. The van der Waals surface area contributed by atoms with Crippen LogP contribution in [0.4, 0.5) is 0 Å². The number of hydrogen-bond acceptors (Lipinski definition) is 2. The Morgan fingerprint density at radius 1 is 1.00 bits per heavy atom. The van der Waals surface area contributed by atoms with E-state index in [4.69, 9.17) is 4.74 Å². The molecule has 0 aliphatic heterocycles. The molecule has 0 rings (SSSR count). The van der Waals surface area contributed by atoms with Gasteiger partial charge in [0.1, 0.15) is 0 Å². The summed E-state index contributed by atoms with van der Waals surface area (Å²) < 4.78 is 5.47. The normalized spacial score (nSPS) is 14.4. The van der Waals surface area contributed by atoms with Crippen molar-refractivity contribution >= 4 is 5.97 Å². The summed E-state index contributed by atoms with van der Waals surface area (Å²) in [5.41, 5.74) is 0. The zero-order chi connectivity index (χ0) is 14.7. The minimum Gasteiger partial charge on any atom is -0.465 e. The molecule has 0 aliphatic rings. The maximum Gasteiger partial charge on any atom is 0.305 e. The molecule has 0 fully saturated rings. The van der Waals surface area contributed by atoms with Gasteiger partial charge in [0.25, 0.3) is 0 Å². The molecule has 0 aromatic carbocycles. The molecule has 0 spiro atoms. The van der Waals surface area contributed by atoms with Gasteiger partial charge in [0.2, 0.25) is 0 Å². The molecular formula is C17H34O2. The van der Waals surface area contributed by atoms with Gasteiger partial charge in [-0.25, -0.2) is 0 Å². The first-order valence-electron chi connectivity index (χ1n) is 8.16. The highest BCUT2D eigenvalue weighted by molar-refractivity contribution is 5.69. The standard InChI is InChI=1S/C17H34O2/c1-6-8-10-15(5)16(9-7-2)13-19-17(18)12-11-14(3)4/h14-16H,6-13H2,1-5H3. The van der Waals surface area contributed by atoms with E-state index < -0.39 is 0 Å². The molecule has 0 heterocycles. The molecule has 19 heavy (non-hydrogen) atoms. The summed E-state index contributed by atoms with van der Waals surface area (Å²) in [6, 6.07) is 0. The Labute approximate surface area is 120 Å². The second-order valence-corrected chi connectivity index (χ2v) is 6.28. The number of unbranched alkanes of at least 4 members (excludes halogenated alkanes) is 1. The number of esters is 1. The van der Waals surface area contributed by atoms with Crippen LogP contribution in [-0.2, 0) is 9.53 Å². The Balaban J connectivity index is 4.01. The Bertz CT molecular complexity index is 223. The van der Waals surface area contributed by atoms with Gasteiger partial charge >= 0.3 is 5.97 Å². The molecule has 0 amide bonds. The van der Waals surface area contributed by atoms with Crippen molar-refractivity contribution in [3.8, 4) is 0 Å². The molecule has 0 N–H and O–H groups in total. The lowest BCUT2D eigenvalue weighted by Crippen LogP contribution is -2.20. The third-order valence-electron chi connectivity index (χ3n) is 3.86. The minimum absolute atomic E-state index is 0.0162. The largest absolute Gasteiger partial charge is 0.465 e. The van der Waals surface area contributed by atoms with Gasteiger partial charge in [-0.05, 0) is 30.6 Å². The Kier molecular flexibility index (Phi) is 11.0. The lowest BCUT2D eigenvalue weighted by molar-refractivity contribution is -0.146. The Hall–Kier alpha value is -0.530. The molecule has 2 unspecified atom stereocenters. The van der Waals surface area contributed by atoms with Crippen LogP contribution in [0.3, 0.4) is 0 Å². The quantitative estimate of drug-likeness (QED) is 0.482. The summed E-state index contributed by atoms with van der Waals surface area (Å²) in [7, 11) is 0.